The zero-order valence-corrected chi connectivity index (χ0v) is 6.26. The second-order valence-corrected chi connectivity index (χ2v) is 2.99. The molecule has 1 rings (SSSR count). The molecule has 2 atom stereocenters. The van der Waals surface area contributed by atoms with Gasteiger partial charge < -0.3 is 5.11 Å². The number of aliphatic hydroxyl groups is 1. The Morgan fingerprint density at radius 1 is 1.80 bits per heavy atom. The van der Waals surface area contributed by atoms with Crippen LogP contribution in [0.2, 0.25) is 0 Å². The molecule has 1 aliphatic heterocycles. The summed E-state index contributed by atoms with van der Waals surface area (Å²) in [7, 11) is 0. The van der Waals surface area contributed by atoms with Gasteiger partial charge in [-0.25, -0.2) is 4.39 Å². The quantitative estimate of drug-likeness (QED) is 0.611. The van der Waals surface area contributed by atoms with Crippen molar-refractivity contribution in [3.8, 4) is 0 Å². The second kappa shape index (κ2) is 3.30. The molecule has 0 bridgehead atoms. The third-order valence-corrected chi connectivity index (χ3v) is 1.74. The molecule has 60 valence electrons. The minimum atomic E-state index is -0.668. The fourth-order valence-corrected chi connectivity index (χ4v) is 1.32. The lowest BCUT2D eigenvalue weighted by molar-refractivity contribution is 0.136. The van der Waals surface area contributed by atoms with Crippen LogP contribution in [-0.2, 0) is 0 Å². The highest BCUT2D eigenvalue weighted by Gasteiger charge is 2.21. The maximum atomic E-state index is 12.5. The molecular formula is C7H14FNO. The lowest BCUT2D eigenvalue weighted by Crippen LogP contribution is -2.29. The monoisotopic (exact) mass is 147 g/mol. The van der Waals surface area contributed by atoms with Crippen LogP contribution in [0, 0.1) is 0 Å². The molecule has 0 amide bonds. The average molecular weight is 147 g/mol. The van der Waals surface area contributed by atoms with Crippen molar-refractivity contribution < 1.29 is 9.50 Å². The summed E-state index contributed by atoms with van der Waals surface area (Å²) in [6, 6.07) is 0. The van der Waals surface area contributed by atoms with Gasteiger partial charge in [0.25, 0.3) is 0 Å². The van der Waals surface area contributed by atoms with Crippen molar-refractivity contribution in [3.63, 3.8) is 0 Å². The number of nitrogens with zero attached hydrogens (tertiary/aromatic N) is 1. The van der Waals surface area contributed by atoms with Gasteiger partial charge in [-0.05, 0) is 13.3 Å². The predicted octanol–water partition coefficient (Wildman–Crippen LogP) is 0.411. The normalized spacial score (nSPS) is 30.9. The number of rotatable bonds is 2. The minimum absolute atomic E-state index is 0.328. The van der Waals surface area contributed by atoms with Gasteiger partial charge >= 0.3 is 0 Å². The molecule has 2 nitrogen and oxygen atoms in total. The first kappa shape index (κ1) is 7.95. The first-order valence-corrected chi connectivity index (χ1v) is 3.73. The largest absolute Gasteiger partial charge is 0.392 e. The van der Waals surface area contributed by atoms with Crippen LogP contribution in [0.4, 0.5) is 4.39 Å². The van der Waals surface area contributed by atoms with Gasteiger partial charge in [0.1, 0.15) is 6.17 Å². The van der Waals surface area contributed by atoms with Crippen molar-refractivity contribution in [2.24, 2.45) is 0 Å². The Bertz CT molecular complexity index is 108. The molecule has 0 saturated carbocycles. The molecule has 0 aromatic carbocycles. The van der Waals surface area contributed by atoms with E-state index in [0.717, 1.165) is 6.54 Å². The predicted molar refractivity (Wildman–Crippen MR) is 37.6 cm³/mol. The summed E-state index contributed by atoms with van der Waals surface area (Å²) in [6.07, 6.45) is -0.365. The summed E-state index contributed by atoms with van der Waals surface area (Å²) >= 11 is 0. The highest BCUT2D eigenvalue weighted by molar-refractivity contribution is 4.75. The van der Waals surface area contributed by atoms with Crippen molar-refractivity contribution in [2.45, 2.75) is 25.6 Å². The number of likely N-dealkylation sites (tertiary alicyclic amines) is 1. The van der Waals surface area contributed by atoms with Gasteiger partial charge in [-0.3, -0.25) is 4.90 Å². The topological polar surface area (TPSA) is 23.5 Å². The summed E-state index contributed by atoms with van der Waals surface area (Å²) in [6.45, 7) is 3.64. The fourth-order valence-electron chi connectivity index (χ4n) is 1.32. The van der Waals surface area contributed by atoms with Crippen molar-refractivity contribution in [1.82, 2.24) is 4.90 Å². The Labute approximate surface area is 60.6 Å². The van der Waals surface area contributed by atoms with Gasteiger partial charge in [0, 0.05) is 19.6 Å². The Balaban J connectivity index is 2.18. The number of hydrogen-bond donors (Lipinski definition) is 1. The molecule has 3 heteroatoms. The van der Waals surface area contributed by atoms with E-state index >= 15 is 0 Å². The van der Waals surface area contributed by atoms with Crippen molar-refractivity contribution in [2.75, 3.05) is 19.6 Å². The van der Waals surface area contributed by atoms with E-state index in [2.05, 4.69) is 0 Å². The van der Waals surface area contributed by atoms with Crippen LogP contribution < -0.4 is 0 Å². The van der Waals surface area contributed by atoms with Crippen molar-refractivity contribution in [1.29, 1.82) is 0 Å². The molecule has 0 spiro atoms. The third kappa shape index (κ3) is 2.23. The zero-order valence-electron chi connectivity index (χ0n) is 6.26. The third-order valence-electron chi connectivity index (χ3n) is 1.74. The van der Waals surface area contributed by atoms with E-state index in [0.29, 0.717) is 19.5 Å². The first-order valence-electron chi connectivity index (χ1n) is 3.73. The number of β-amino-alcohol motifs (C(OH)–C–C–N with tert-alkyl or cyclic N) is 1. The van der Waals surface area contributed by atoms with E-state index in [1.165, 1.54) is 0 Å². The Hall–Kier alpha value is -0.150. The molecule has 1 heterocycles. The van der Waals surface area contributed by atoms with Gasteiger partial charge in [-0.15, -0.1) is 0 Å². The summed E-state index contributed by atoms with van der Waals surface area (Å²) in [5.41, 5.74) is 0. The molecule has 0 aliphatic carbocycles. The van der Waals surface area contributed by atoms with Gasteiger partial charge in [-0.1, -0.05) is 0 Å². The molecule has 0 aromatic heterocycles. The van der Waals surface area contributed by atoms with Crippen LogP contribution >= 0.6 is 0 Å². The molecule has 0 aromatic rings. The van der Waals surface area contributed by atoms with Crippen LogP contribution in [0.3, 0.4) is 0 Å². The van der Waals surface area contributed by atoms with E-state index < -0.39 is 6.17 Å². The lowest BCUT2D eigenvalue weighted by Gasteiger charge is -2.15. The number of halogens is 1. The minimum Gasteiger partial charge on any atom is -0.392 e. The molecule has 1 N–H and O–H groups in total. The summed E-state index contributed by atoms with van der Waals surface area (Å²) < 4.78 is 12.5. The average Bonchev–Trinajstić information content (AvgIpc) is 2.13. The van der Waals surface area contributed by atoms with Crippen LogP contribution in [0.15, 0.2) is 0 Å². The first-order chi connectivity index (χ1) is 4.68. The van der Waals surface area contributed by atoms with E-state index in [9.17, 15) is 4.39 Å². The fraction of sp³-hybridized carbons (Fsp3) is 1.00. The maximum Gasteiger partial charge on any atom is 0.114 e. The summed E-state index contributed by atoms with van der Waals surface area (Å²) in [5, 5.41) is 8.93. The zero-order chi connectivity index (χ0) is 7.56. The summed E-state index contributed by atoms with van der Waals surface area (Å²) in [5.74, 6) is 0. The highest BCUT2D eigenvalue weighted by Crippen LogP contribution is 2.11. The molecular weight excluding hydrogens is 133 g/mol. The smallest absolute Gasteiger partial charge is 0.114 e. The van der Waals surface area contributed by atoms with Crippen LogP contribution in [0.1, 0.15) is 13.3 Å². The molecule has 1 aliphatic rings. The van der Waals surface area contributed by atoms with E-state index in [1.807, 2.05) is 4.90 Å². The van der Waals surface area contributed by atoms with Crippen LogP contribution in [0.25, 0.3) is 0 Å². The van der Waals surface area contributed by atoms with E-state index in [4.69, 9.17) is 5.11 Å². The highest BCUT2D eigenvalue weighted by atomic mass is 19.1. The number of alkyl halides is 1. The van der Waals surface area contributed by atoms with Gasteiger partial charge in [0.05, 0.1) is 6.10 Å². The molecule has 1 saturated heterocycles. The SMILES string of the molecule is C[C@H](O)CN1CC[C@H](F)C1. The molecule has 10 heavy (non-hydrogen) atoms. The van der Waals surface area contributed by atoms with Crippen LogP contribution in [-0.4, -0.2) is 41.9 Å². The Morgan fingerprint density at radius 2 is 2.50 bits per heavy atom. The number of aliphatic hydroxyl groups excluding tert-OH is 1. The Kier molecular flexibility index (Phi) is 2.63. The van der Waals surface area contributed by atoms with Gasteiger partial charge in [0.2, 0.25) is 0 Å². The van der Waals surface area contributed by atoms with Crippen molar-refractivity contribution in [3.05, 3.63) is 0 Å². The number of hydrogen-bond acceptors (Lipinski definition) is 2. The molecule has 0 radical (unpaired) electrons. The molecule has 0 unspecified atom stereocenters. The second-order valence-electron chi connectivity index (χ2n) is 2.99. The van der Waals surface area contributed by atoms with Crippen molar-refractivity contribution >= 4 is 0 Å². The molecule has 1 fully saturated rings. The van der Waals surface area contributed by atoms with Gasteiger partial charge in [-0.2, -0.15) is 0 Å². The lowest BCUT2D eigenvalue weighted by atomic mass is 10.3. The maximum absolute atomic E-state index is 12.5. The van der Waals surface area contributed by atoms with Gasteiger partial charge in [0.15, 0.2) is 0 Å². The van der Waals surface area contributed by atoms with E-state index in [-0.39, 0.29) is 6.10 Å². The summed E-state index contributed by atoms with van der Waals surface area (Å²) in [4.78, 5) is 1.95. The Morgan fingerprint density at radius 3 is 2.90 bits per heavy atom. The standard InChI is InChI=1S/C7H14FNO/c1-6(10)4-9-3-2-7(8)5-9/h6-7,10H,2-5H2,1H3/t6-,7-/m0/s1. The van der Waals surface area contributed by atoms with E-state index in [1.54, 1.807) is 6.92 Å². The van der Waals surface area contributed by atoms with Crippen LogP contribution in [0.5, 0.6) is 0 Å².